The fourth-order valence-electron chi connectivity index (χ4n) is 3.39. The van der Waals surface area contributed by atoms with Gasteiger partial charge in [0.2, 0.25) is 0 Å². The third kappa shape index (κ3) is 7.19. The van der Waals surface area contributed by atoms with Gasteiger partial charge in [-0.3, -0.25) is 4.79 Å². The molecule has 148 valence electrons. The van der Waals surface area contributed by atoms with Crippen molar-refractivity contribution in [2.24, 2.45) is 0 Å². The Morgan fingerprint density at radius 2 is 1.52 bits per heavy atom. The highest BCUT2D eigenvalue weighted by molar-refractivity contribution is 7.90. The van der Waals surface area contributed by atoms with E-state index in [0.29, 0.717) is 6.54 Å². The molecular weight excluding hydrogens is 354 g/mol. The van der Waals surface area contributed by atoms with Crippen LogP contribution in [0.2, 0.25) is 0 Å². The molecule has 2 aromatic rings. The van der Waals surface area contributed by atoms with Crippen LogP contribution < -0.4 is 5.56 Å². The molecular formula is C23H33NO2S. The van der Waals surface area contributed by atoms with Gasteiger partial charge >= 0.3 is 0 Å². The SMILES string of the molecule is CCCCCCCCCCCn1cc([S+](C)[O-])c(-c2ccccc2)cc1=O. The van der Waals surface area contributed by atoms with Crippen LogP contribution in [0, 0.1) is 0 Å². The van der Waals surface area contributed by atoms with Crippen molar-refractivity contribution in [1.29, 1.82) is 0 Å². The Bertz CT molecular complexity index is 725. The minimum atomic E-state index is -1.13. The van der Waals surface area contributed by atoms with Gasteiger partial charge < -0.3 is 9.12 Å². The van der Waals surface area contributed by atoms with Crippen molar-refractivity contribution in [1.82, 2.24) is 4.57 Å². The summed E-state index contributed by atoms with van der Waals surface area (Å²) in [6.45, 7) is 2.95. The zero-order chi connectivity index (χ0) is 19.5. The molecule has 0 radical (unpaired) electrons. The van der Waals surface area contributed by atoms with Crippen molar-refractivity contribution in [2.75, 3.05) is 6.26 Å². The van der Waals surface area contributed by atoms with Crippen LogP contribution in [0.25, 0.3) is 11.1 Å². The maximum absolute atomic E-state index is 12.5. The number of nitrogens with zero attached hydrogens (tertiary/aromatic N) is 1. The van der Waals surface area contributed by atoms with Crippen LogP contribution in [0.1, 0.15) is 64.7 Å². The first-order valence-electron chi connectivity index (χ1n) is 10.3. The molecule has 1 unspecified atom stereocenters. The van der Waals surface area contributed by atoms with E-state index in [-0.39, 0.29) is 5.56 Å². The Hall–Kier alpha value is -1.52. The summed E-state index contributed by atoms with van der Waals surface area (Å²) in [4.78, 5) is 13.3. The van der Waals surface area contributed by atoms with Gasteiger partial charge in [0.15, 0.2) is 4.90 Å². The molecule has 1 heterocycles. The van der Waals surface area contributed by atoms with E-state index in [1.54, 1.807) is 23.1 Å². The molecule has 0 aliphatic heterocycles. The molecule has 0 amide bonds. The second kappa shape index (κ2) is 12.0. The lowest BCUT2D eigenvalue weighted by molar-refractivity contribution is 0.531. The molecule has 1 atom stereocenters. The lowest BCUT2D eigenvalue weighted by atomic mass is 10.1. The van der Waals surface area contributed by atoms with Crippen molar-refractivity contribution in [3.63, 3.8) is 0 Å². The van der Waals surface area contributed by atoms with E-state index in [9.17, 15) is 9.35 Å². The Morgan fingerprint density at radius 3 is 2.11 bits per heavy atom. The van der Waals surface area contributed by atoms with Gasteiger partial charge in [-0.2, -0.15) is 0 Å². The van der Waals surface area contributed by atoms with E-state index < -0.39 is 11.2 Å². The predicted octanol–water partition coefficient (Wildman–Crippen LogP) is 5.78. The van der Waals surface area contributed by atoms with Gasteiger partial charge in [0, 0.05) is 18.2 Å². The number of hydrogen-bond acceptors (Lipinski definition) is 2. The molecule has 0 spiro atoms. The van der Waals surface area contributed by atoms with Crippen LogP contribution in [0.15, 0.2) is 52.3 Å². The Labute approximate surface area is 167 Å². The number of unbranched alkanes of at least 4 members (excludes halogenated alkanes) is 8. The van der Waals surface area contributed by atoms with Crippen molar-refractivity contribution in [3.8, 4) is 11.1 Å². The van der Waals surface area contributed by atoms with Crippen LogP contribution in [0.4, 0.5) is 0 Å². The number of aryl methyl sites for hydroxylation is 1. The smallest absolute Gasteiger partial charge is 0.251 e. The molecule has 0 aliphatic carbocycles. The summed E-state index contributed by atoms with van der Waals surface area (Å²) in [5.74, 6) is 0. The van der Waals surface area contributed by atoms with E-state index in [2.05, 4.69) is 6.92 Å². The molecule has 0 N–H and O–H groups in total. The first-order chi connectivity index (χ1) is 13.1. The molecule has 1 aromatic carbocycles. The molecule has 27 heavy (non-hydrogen) atoms. The van der Waals surface area contributed by atoms with Gasteiger partial charge in [-0.05, 0) is 23.2 Å². The normalized spacial score (nSPS) is 12.3. The summed E-state index contributed by atoms with van der Waals surface area (Å²) < 4.78 is 13.9. The molecule has 4 heteroatoms. The Balaban J connectivity index is 1.90. The highest BCUT2D eigenvalue weighted by Gasteiger charge is 2.16. The fraction of sp³-hybridized carbons (Fsp3) is 0.522. The number of aromatic nitrogens is 1. The molecule has 3 nitrogen and oxygen atoms in total. The van der Waals surface area contributed by atoms with Gasteiger partial charge in [-0.1, -0.05) is 88.6 Å². The summed E-state index contributed by atoms with van der Waals surface area (Å²) in [5.41, 5.74) is 1.71. The highest BCUT2D eigenvalue weighted by atomic mass is 32.2. The number of pyridine rings is 1. The van der Waals surface area contributed by atoms with Gasteiger partial charge in [0.25, 0.3) is 5.56 Å². The molecule has 0 saturated carbocycles. The largest absolute Gasteiger partial charge is 0.612 e. The average Bonchev–Trinajstić information content (AvgIpc) is 2.68. The molecule has 0 bridgehead atoms. The highest BCUT2D eigenvalue weighted by Crippen LogP contribution is 2.25. The lowest BCUT2D eigenvalue weighted by Crippen LogP contribution is -2.21. The van der Waals surface area contributed by atoms with E-state index in [1.165, 1.54) is 44.9 Å². The quantitative estimate of drug-likeness (QED) is 0.342. The van der Waals surface area contributed by atoms with E-state index in [4.69, 9.17) is 0 Å². The third-order valence-electron chi connectivity index (χ3n) is 4.99. The van der Waals surface area contributed by atoms with Crippen LogP contribution in [0.5, 0.6) is 0 Å². The van der Waals surface area contributed by atoms with Crippen molar-refractivity contribution < 1.29 is 4.55 Å². The zero-order valence-corrected chi connectivity index (χ0v) is 17.6. The maximum atomic E-state index is 12.5. The Kier molecular flexibility index (Phi) is 9.71. The maximum Gasteiger partial charge on any atom is 0.251 e. The van der Waals surface area contributed by atoms with Crippen molar-refractivity contribution in [3.05, 3.63) is 52.9 Å². The molecule has 0 saturated heterocycles. The third-order valence-corrected chi connectivity index (χ3v) is 5.93. The van der Waals surface area contributed by atoms with Crippen LogP contribution in [0.3, 0.4) is 0 Å². The van der Waals surface area contributed by atoms with E-state index in [1.807, 2.05) is 30.3 Å². The summed E-state index contributed by atoms with van der Waals surface area (Å²) in [6.07, 6.45) is 14.8. The second-order valence-electron chi connectivity index (χ2n) is 7.23. The van der Waals surface area contributed by atoms with Gasteiger partial charge in [0.1, 0.15) is 6.26 Å². The van der Waals surface area contributed by atoms with Gasteiger partial charge in [0.05, 0.1) is 6.20 Å². The zero-order valence-electron chi connectivity index (χ0n) is 16.8. The molecule has 2 rings (SSSR count). The predicted molar refractivity (Wildman–Crippen MR) is 116 cm³/mol. The topological polar surface area (TPSA) is 45.1 Å². The molecule has 0 aliphatic rings. The first kappa shape index (κ1) is 21.8. The van der Waals surface area contributed by atoms with Crippen LogP contribution in [-0.2, 0) is 17.7 Å². The number of hydrogen-bond donors (Lipinski definition) is 0. The fourth-order valence-corrected chi connectivity index (χ4v) is 4.15. The number of benzene rings is 1. The van der Waals surface area contributed by atoms with Crippen LogP contribution >= 0.6 is 0 Å². The lowest BCUT2D eigenvalue weighted by Gasteiger charge is -2.14. The molecule has 1 aromatic heterocycles. The average molecular weight is 388 g/mol. The summed E-state index contributed by atoms with van der Waals surface area (Å²) in [7, 11) is 0. The minimum Gasteiger partial charge on any atom is -0.612 e. The standard InChI is InChI=1S/C23H33NO2S/c1-3-4-5-6-7-8-9-10-14-17-24-19-22(27(2)26)21(18-23(24)25)20-15-12-11-13-16-20/h11-13,15-16,18-19H,3-10,14,17H2,1-2H3. The molecule has 0 fully saturated rings. The van der Waals surface area contributed by atoms with E-state index in [0.717, 1.165) is 28.9 Å². The van der Waals surface area contributed by atoms with Crippen LogP contribution in [-0.4, -0.2) is 15.4 Å². The first-order valence-corrected chi connectivity index (χ1v) is 11.8. The second-order valence-corrected chi connectivity index (χ2v) is 8.58. The summed E-state index contributed by atoms with van der Waals surface area (Å²) >= 11 is -1.13. The summed E-state index contributed by atoms with van der Waals surface area (Å²) in [6, 6.07) is 11.4. The van der Waals surface area contributed by atoms with Gasteiger partial charge in [-0.15, -0.1) is 0 Å². The Morgan fingerprint density at radius 1 is 0.926 bits per heavy atom. The van der Waals surface area contributed by atoms with Crippen molar-refractivity contribution >= 4 is 11.2 Å². The minimum absolute atomic E-state index is 0.0115. The summed E-state index contributed by atoms with van der Waals surface area (Å²) in [5, 5.41) is 0. The monoisotopic (exact) mass is 387 g/mol. The number of rotatable bonds is 12. The van der Waals surface area contributed by atoms with Crippen molar-refractivity contribution in [2.45, 2.75) is 76.2 Å². The van der Waals surface area contributed by atoms with E-state index >= 15 is 0 Å². The van der Waals surface area contributed by atoms with Gasteiger partial charge in [-0.25, -0.2) is 0 Å².